The number of anilines is 2. The first kappa shape index (κ1) is 18.0. The van der Waals surface area contributed by atoms with Crippen molar-refractivity contribution in [3.63, 3.8) is 0 Å². The Balaban J connectivity index is 1.95. The minimum absolute atomic E-state index is 0.0209. The Morgan fingerprint density at radius 2 is 1.75 bits per heavy atom. The highest BCUT2D eigenvalue weighted by atomic mass is 32.2. The van der Waals surface area contributed by atoms with Crippen LogP contribution in [0.3, 0.4) is 0 Å². The first-order valence-corrected chi connectivity index (χ1v) is 8.53. The third-order valence-corrected chi connectivity index (χ3v) is 4.24. The number of benzene rings is 2. The molecule has 0 bridgehead atoms. The molecule has 0 aromatic heterocycles. The highest BCUT2D eigenvalue weighted by Crippen LogP contribution is 2.21. The highest BCUT2D eigenvalue weighted by Gasteiger charge is 2.03. The number of amides is 1. The minimum atomic E-state index is -0.357. The van der Waals surface area contributed by atoms with Gasteiger partial charge < -0.3 is 16.4 Å². The maximum atomic E-state index is 11.3. The molecule has 0 fully saturated rings. The number of thioether (sulfide) groups is 1. The van der Waals surface area contributed by atoms with Gasteiger partial charge in [0.05, 0.1) is 5.75 Å². The van der Waals surface area contributed by atoms with Gasteiger partial charge in [0.1, 0.15) is 0 Å². The topological polar surface area (TPSA) is 84.2 Å². The molecule has 2 aromatic carbocycles. The van der Waals surface area contributed by atoms with Crippen molar-refractivity contribution in [2.75, 3.05) is 16.4 Å². The SMILES string of the molecule is CC(=O)c1ccc(NC(=S)Nc2cccc(SCC(N)=O)c2)cc1. The summed E-state index contributed by atoms with van der Waals surface area (Å²) in [6.07, 6.45) is 0. The number of carbonyl (C=O) groups excluding carboxylic acids is 2. The molecule has 1 amide bonds. The van der Waals surface area contributed by atoms with Crippen molar-refractivity contribution in [2.45, 2.75) is 11.8 Å². The number of carbonyl (C=O) groups is 2. The molecule has 0 spiro atoms. The van der Waals surface area contributed by atoms with Crippen LogP contribution in [0.1, 0.15) is 17.3 Å². The molecule has 0 heterocycles. The summed E-state index contributed by atoms with van der Waals surface area (Å²) in [4.78, 5) is 23.0. The van der Waals surface area contributed by atoms with Crippen LogP contribution < -0.4 is 16.4 Å². The van der Waals surface area contributed by atoms with Crippen LogP contribution in [0, 0.1) is 0 Å². The monoisotopic (exact) mass is 359 g/mol. The molecule has 0 aliphatic carbocycles. The van der Waals surface area contributed by atoms with Crippen molar-refractivity contribution in [1.29, 1.82) is 0 Å². The largest absolute Gasteiger partial charge is 0.369 e. The van der Waals surface area contributed by atoms with E-state index in [1.54, 1.807) is 24.3 Å². The van der Waals surface area contributed by atoms with Gasteiger partial charge >= 0.3 is 0 Å². The molecule has 0 saturated heterocycles. The number of nitrogens with two attached hydrogens (primary N) is 1. The third kappa shape index (κ3) is 5.68. The molecule has 0 aliphatic heterocycles. The minimum Gasteiger partial charge on any atom is -0.369 e. The molecule has 24 heavy (non-hydrogen) atoms. The maximum absolute atomic E-state index is 11.3. The molecule has 0 unspecified atom stereocenters. The van der Waals surface area contributed by atoms with E-state index in [2.05, 4.69) is 10.6 Å². The fraction of sp³-hybridized carbons (Fsp3) is 0.118. The standard InChI is InChI=1S/C17H17N3O2S2/c1-11(21)12-5-7-13(8-6-12)19-17(23)20-14-3-2-4-15(9-14)24-10-16(18)22/h2-9H,10H2,1H3,(H2,18,22)(H2,19,20,23). The Bertz CT molecular complexity index is 761. The van der Waals surface area contributed by atoms with E-state index >= 15 is 0 Å². The summed E-state index contributed by atoms with van der Waals surface area (Å²) in [5, 5.41) is 6.57. The molecule has 7 heteroatoms. The lowest BCUT2D eigenvalue weighted by Gasteiger charge is -2.11. The molecule has 0 atom stereocenters. The van der Waals surface area contributed by atoms with Gasteiger partial charge in [-0.25, -0.2) is 0 Å². The summed E-state index contributed by atoms with van der Waals surface area (Å²) >= 11 is 6.65. The van der Waals surface area contributed by atoms with Crippen LogP contribution in [-0.2, 0) is 4.79 Å². The summed E-state index contributed by atoms with van der Waals surface area (Å²) < 4.78 is 0. The molecule has 5 nitrogen and oxygen atoms in total. The number of rotatable bonds is 6. The van der Waals surface area contributed by atoms with Crippen molar-refractivity contribution in [2.24, 2.45) is 5.73 Å². The Hall–Kier alpha value is -2.38. The number of Topliss-reactive ketones (excluding diaryl/α,β-unsaturated/α-hetero) is 1. The van der Waals surface area contributed by atoms with E-state index in [9.17, 15) is 9.59 Å². The second kappa shape index (κ2) is 8.47. The van der Waals surface area contributed by atoms with Gasteiger partial charge in [-0.05, 0) is 61.6 Å². The average Bonchev–Trinajstić information content (AvgIpc) is 2.53. The molecule has 0 aliphatic rings. The van der Waals surface area contributed by atoms with Crippen LogP contribution in [0.15, 0.2) is 53.4 Å². The summed E-state index contributed by atoms with van der Waals surface area (Å²) in [6.45, 7) is 1.53. The van der Waals surface area contributed by atoms with Gasteiger partial charge in [0, 0.05) is 21.8 Å². The van der Waals surface area contributed by atoms with E-state index in [0.717, 1.165) is 16.3 Å². The summed E-state index contributed by atoms with van der Waals surface area (Å²) in [6, 6.07) is 14.6. The Morgan fingerprint density at radius 1 is 1.08 bits per heavy atom. The lowest BCUT2D eigenvalue weighted by atomic mass is 10.1. The van der Waals surface area contributed by atoms with Crippen molar-refractivity contribution in [3.8, 4) is 0 Å². The van der Waals surface area contributed by atoms with Crippen molar-refractivity contribution < 1.29 is 9.59 Å². The summed E-state index contributed by atoms with van der Waals surface area (Å²) in [5.41, 5.74) is 7.39. The van der Waals surface area contributed by atoms with E-state index < -0.39 is 0 Å². The first-order valence-electron chi connectivity index (χ1n) is 7.14. The Kier molecular flexibility index (Phi) is 6.34. The van der Waals surface area contributed by atoms with Gasteiger partial charge in [0.2, 0.25) is 5.91 Å². The van der Waals surface area contributed by atoms with Crippen LogP contribution >= 0.6 is 24.0 Å². The molecule has 0 saturated carbocycles. The number of thiocarbonyl (C=S) groups is 1. The smallest absolute Gasteiger partial charge is 0.227 e. The number of hydrogen-bond donors (Lipinski definition) is 3. The normalized spacial score (nSPS) is 10.0. The molecule has 124 valence electrons. The van der Waals surface area contributed by atoms with Gasteiger partial charge in [0.15, 0.2) is 10.9 Å². The predicted octanol–water partition coefficient (Wildman–Crippen LogP) is 3.28. The van der Waals surface area contributed by atoms with Gasteiger partial charge in [-0.3, -0.25) is 9.59 Å². The molecule has 2 rings (SSSR count). The molecule has 4 N–H and O–H groups in total. The first-order chi connectivity index (χ1) is 11.4. The fourth-order valence-electron chi connectivity index (χ4n) is 1.90. The summed E-state index contributed by atoms with van der Waals surface area (Å²) in [7, 11) is 0. The fourth-order valence-corrected chi connectivity index (χ4v) is 2.83. The van der Waals surface area contributed by atoms with E-state index in [0.29, 0.717) is 10.7 Å². The lowest BCUT2D eigenvalue weighted by Crippen LogP contribution is -2.19. The Labute approximate surface area is 150 Å². The molecule has 0 radical (unpaired) electrons. The second-order valence-electron chi connectivity index (χ2n) is 5.00. The number of ketones is 1. The zero-order valence-electron chi connectivity index (χ0n) is 13.0. The van der Waals surface area contributed by atoms with Gasteiger partial charge in [0.25, 0.3) is 0 Å². The van der Waals surface area contributed by atoms with Crippen LogP contribution in [0.5, 0.6) is 0 Å². The average molecular weight is 359 g/mol. The van der Waals surface area contributed by atoms with Crippen LogP contribution in [0.25, 0.3) is 0 Å². The van der Waals surface area contributed by atoms with Crippen molar-refractivity contribution in [1.82, 2.24) is 0 Å². The van der Waals surface area contributed by atoms with E-state index in [-0.39, 0.29) is 17.4 Å². The van der Waals surface area contributed by atoms with Crippen molar-refractivity contribution >= 4 is 52.2 Å². The molecular weight excluding hydrogens is 342 g/mol. The lowest BCUT2D eigenvalue weighted by molar-refractivity contribution is -0.115. The highest BCUT2D eigenvalue weighted by molar-refractivity contribution is 8.00. The number of hydrogen-bond acceptors (Lipinski definition) is 4. The van der Waals surface area contributed by atoms with Gasteiger partial charge in [-0.2, -0.15) is 0 Å². The van der Waals surface area contributed by atoms with E-state index in [4.69, 9.17) is 18.0 Å². The predicted molar refractivity (Wildman–Crippen MR) is 103 cm³/mol. The maximum Gasteiger partial charge on any atom is 0.227 e. The van der Waals surface area contributed by atoms with E-state index in [1.165, 1.54) is 18.7 Å². The van der Waals surface area contributed by atoms with Crippen LogP contribution in [-0.4, -0.2) is 22.6 Å². The van der Waals surface area contributed by atoms with Gasteiger partial charge in [-0.15, -0.1) is 11.8 Å². The van der Waals surface area contributed by atoms with Crippen LogP contribution in [0.4, 0.5) is 11.4 Å². The molecular formula is C17H17N3O2S2. The van der Waals surface area contributed by atoms with Crippen LogP contribution in [0.2, 0.25) is 0 Å². The third-order valence-electron chi connectivity index (χ3n) is 3.02. The second-order valence-corrected chi connectivity index (χ2v) is 6.45. The van der Waals surface area contributed by atoms with E-state index in [1.807, 2.05) is 24.3 Å². The number of primary amides is 1. The zero-order valence-corrected chi connectivity index (χ0v) is 14.7. The summed E-state index contributed by atoms with van der Waals surface area (Å²) in [5.74, 6) is -0.105. The quantitative estimate of drug-likeness (QED) is 0.417. The van der Waals surface area contributed by atoms with Gasteiger partial charge in [-0.1, -0.05) is 6.07 Å². The zero-order chi connectivity index (χ0) is 17.5. The Morgan fingerprint density at radius 3 is 2.38 bits per heavy atom. The number of nitrogens with one attached hydrogen (secondary N) is 2. The molecule has 2 aromatic rings. The van der Waals surface area contributed by atoms with Crippen molar-refractivity contribution in [3.05, 3.63) is 54.1 Å².